The van der Waals surface area contributed by atoms with E-state index in [1.165, 1.54) is 0 Å². The molecule has 12 heteroatoms. The first-order chi connectivity index (χ1) is 8.25. The molecule has 0 aromatic carbocycles. The second-order valence-corrected chi connectivity index (χ2v) is 5.87. The maximum absolute atomic E-state index is 11.1. The summed E-state index contributed by atoms with van der Waals surface area (Å²) < 4.78 is 64.3. The van der Waals surface area contributed by atoms with E-state index in [9.17, 15) is 19.1 Å². The van der Waals surface area contributed by atoms with Crippen LogP contribution < -0.4 is 40.2 Å². The summed E-state index contributed by atoms with van der Waals surface area (Å²) in [4.78, 5) is 37.3. The molecule has 0 aromatic heterocycles. The Balaban J connectivity index is -0.00000180. The molecule has 0 saturated carbocycles. The van der Waals surface area contributed by atoms with Crippen LogP contribution in [0, 0.1) is 0 Å². The SMILES string of the molecule is O.[2H]C([2H])(N)C([2H])([2H])C([2H])([2H])C(O)(P(=O)([O-])O)P(=O)(O)O.[Na+]. The fourth-order valence-electron chi connectivity index (χ4n) is 0.428. The molecule has 0 heterocycles. The average Bonchev–Trinajstić information content (AvgIpc) is 2.10. The van der Waals surface area contributed by atoms with Gasteiger partial charge in [-0.25, -0.2) is 0 Å². The first kappa shape index (κ1) is 11.0. The van der Waals surface area contributed by atoms with Crippen molar-refractivity contribution in [3.63, 3.8) is 0 Å². The number of hydrogen-bond donors (Lipinski definition) is 5. The van der Waals surface area contributed by atoms with E-state index < -0.39 is 39.5 Å². The van der Waals surface area contributed by atoms with Gasteiger partial charge in [-0.1, -0.05) is 0 Å². The van der Waals surface area contributed by atoms with E-state index in [-0.39, 0.29) is 35.0 Å². The molecular weight excluding hydrogens is 275 g/mol. The molecule has 0 aromatic rings. The van der Waals surface area contributed by atoms with E-state index in [2.05, 4.69) is 5.73 Å². The van der Waals surface area contributed by atoms with Gasteiger partial charge in [-0.05, 0) is 19.2 Å². The molecule has 0 saturated heterocycles. The molecule has 0 rings (SSSR count). The van der Waals surface area contributed by atoms with Crippen LogP contribution in [0.2, 0.25) is 0 Å². The summed E-state index contributed by atoms with van der Waals surface area (Å²) in [7, 11) is -13.0. The van der Waals surface area contributed by atoms with Gasteiger partial charge < -0.3 is 40.5 Å². The Kier molecular flexibility index (Phi) is 5.23. The van der Waals surface area contributed by atoms with Gasteiger partial charge in [-0.2, -0.15) is 0 Å². The van der Waals surface area contributed by atoms with Crippen LogP contribution in [0.4, 0.5) is 0 Å². The molecule has 16 heavy (non-hydrogen) atoms. The first-order valence-corrected chi connectivity index (χ1v) is 6.05. The van der Waals surface area contributed by atoms with Gasteiger partial charge in [0.1, 0.15) is 0 Å². The summed E-state index contributed by atoms with van der Waals surface area (Å²) in [6, 6.07) is 0. The predicted octanol–water partition coefficient (Wildman–Crippen LogP) is -5.73. The Labute approximate surface area is 122 Å². The number of aliphatic hydroxyl groups is 1. The van der Waals surface area contributed by atoms with Gasteiger partial charge in [0.2, 0.25) is 5.08 Å². The summed E-state index contributed by atoms with van der Waals surface area (Å²) >= 11 is 0. The van der Waals surface area contributed by atoms with Gasteiger partial charge in [0.05, 0.1) is 0 Å². The summed E-state index contributed by atoms with van der Waals surface area (Å²) in [5.74, 6) is 0. The van der Waals surface area contributed by atoms with Crippen molar-refractivity contribution >= 4 is 15.2 Å². The topological polar surface area (TPSA) is 196 Å². The van der Waals surface area contributed by atoms with Crippen LogP contribution >= 0.6 is 15.2 Å². The average molecular weight is 295 g/mol. The minimum atomic E-state index is -6.59. The Morgan fingerprint density at radius 2 is 1.75 bits per heavy atom. The van der Waals surface area contributed by atoms with Crippen LogP contribution in [0.5, 0.6) is 0 Å². The standard InChI is InChI=1S/C4H13NO7P2.Na.H2O/c5-3-1-2-4(6,13(7,8)9)14(10,11)12;;/h6H,1-3,5H2,(H2,7,8,9)(H2,10,11,12);;1H2/q;+1;/p-1/i1D2,2D2,3D2;;. The second-order valence-electron chi connectivity index (χ2n) is 2.09. The second kappa shape index (κ2) is 7.58. The van der Waals surface area contributed by atoms with Crippen LogP contribution in [0.15, 0.2) is 0 Å². The molecule has 0 spiro atoms. The molecule has 2 atom stereocenters. The van der Waals surface area contributed by atoms with Crippen molar-refractivity contribution in [3.8, 4) is 0 Å². The molecule has 0 radical (unpaired) electrons. The zero-order valence-corrected chi connectivity index (χ0v) is 11.8. The predicted molar refractivity (Wildman–Crippen MR) is 48.7 cm³/mol. The normalized spacial score (nSPS) is 26.9. The number of hydrogen-bond acceptors (Lipinski definition) is 5. The maximum atomic E-state index is 11.1. The van der Waals surface area contributed by atoms with Gasteiger partial charge >= 0.3 is 37.2 Å². The van der Waals surface area contributed by atoms with Gasteiger partial charge in [0.25, 0.3) is 0 Å². The van der Waals surface area contributed by atoms with E-state index in [1.54, 1.807) is 0 Å². The van der Waals surface area contributed by atoms with E-state index >= 15 is 0 Å². The maximum Gasteiger partial charge on any atom is 1.00 e. The molecule has 0 aliphatic rings. The molecule has 0 bridgehead atoms. The van der Waals surface area contributed by atoms with Gasteiger partial charge in [-0.3, -0.25) is 4.57 Å². The molecule has 8 N–H and O–H groups in total. The summed E-state index contributed by atoms with van der Waals surface area (Å²) in [5.41, 5.74) is 4.66. The smallest absolute Gasteiger partial charge is 0.776 e. The van der Waals surface area contributed by atoms with Crippen molar-refractivity contribution in [2.24, 2.45) is 5.73 Å². The van der Waals surface area contributed by atoms with E-state index in [0.29, 0.717) is 0 Å². The van der Waals surface area contributed by atoms with Crippen LogP contribution in [0.1, 0.15) is 21.0 Å². The van der Waals surface area contributed by atoms with Gasteiger partial charge in [0, 0.05) is 8.22 Å². The third-order valence-corrected chi connectivity index (χ3v) is 4.47. The van der Waals surface area contributed by atoms with Gasteiger partial charge in [-0.15, -0.1) is 0 Å². The molecule has 0 aliphatic carbocycles. The Bertz CT molecular complexity index is 464. The quantitative estimate of drug-likeness (QED) is 0.244. The molecule has 2 unspecified atom stereocenters. The fourth-order valence-corrected chi connectivity index (χ4v) is 2.14. The van der Waals surface area contributed by atoms with Crippen molar-refractivity contribution in [1.29, 1.82) is 0 Å². The van der Waals surface area contributed by atoms with Crippen molar-refractivity contribution in [1.82, 2.24) is 0 Å². The van der Waals surface area contributed by atoms with Crippen molar-refractivity contribution < 1.29 is 77.1 Å². The summed E-state index contributed by atoms with van der Waals surface area (Å²) in [6.45, 7) is -3.64. The Hall–Kier alpha value is 1.18. The fraction of sp³-hybridized carbons (Fsp3) is 1.00. The molecule has 94 valence electrons. The van der Waals surface area contributed by atoms with E-state index in [4.69, 9.17) is 22.9 Å². The minimum Gasteiger partial charge on any atom is -0.776 e. The van der Waals surface area contributed by atoms with Gasteiger partial charge in [0.15, 0.2) is 7.60 Å². The third kappa shape index (κ3) is 5.22. The first-order valence-electron chi connectivity index (χ1n) is 5.86. The number of rotatable bonds is 5. The molecule has 0 fully saturated rings. The minimum absolute atomic E-state index is 0. The third-order valence-electron chi connectivity index (χ3n) is 1.10. The van der Waals surface area contributed by atoms with Crippen molar-refractivity contribution in [3.05, 3.63) is 0 Å². The zero-order chi connectivity index (χ0) is 17.0. The number of nitrogens with two attached hydrogens (primary N) is 1. The largest absolute Gasteiger partial charge is 1.00 e. The Morgan fingerprint density at radius 3 is 1.94 bits per heavy atom. The van der Waals surface area contributed by atoms with E-state index in [1.807, 2.05) is 0 Å². The summed E-state index contributed by atoms with van der Waals surface area (Å²) in [6.07, 6.45) is -8.60. The monoisotopic (exact) mass is 295 g/mol. The van der Waals surface area contributed by atoms with Crippen molar-refractivity contribution in [2.45, 2.75) is 17.8 Å². The van der Waals surface area contributed by atoms with Crippen LogP contribution in [0.25, 0.3) is 0 Å². The summed E-state index contributed by atoms with van der Waals surface area (Å²) in [5, 5.41) is 4.56. The molecular formula is C4H14NNaO8P2. The van der Waals surface area contributed by atoms with Crippen molar-refractivity contribution in [2.75, 3.05) is 6.50 Å². The van der Waals surface area contributed by atoms with Crippen LogP contribution in [-0.4, -0.2) is 36.8 Å². The van der Waals surface area contributed by atoms with Crippen LogP contribution in [0.3, 0.4) is 0 Å². The zero-order valence-electron chi connectivity index (χ0n) is 14.0. The molecule has 0 aliphatic heterocycles. The van der Waals surface area contributed by atoms with Crippen LogP contribution in [-0.2, 0) is 9.13 Å². The van der Waals surface area contributed by atoms with E-state index in [0.717, 1.165) is 0 Å². The Morgan fingerprint density at radius 1 is 1.38 bits per heavy atom. The molecule has 9 nitrogen and oxygen atoms in total. The molecule has 0 amide bonds.